The Morgan fingerprint density at radius 2 is 1.61 bits per heavy atom. The highest BCUT2D eigenvalue weighted by atomic mass is 19.4. The molecule has 0 unspecified atom stereocenters. The number of hydrogen-bond donors (Lipinski definition) is 0. The Hall–Kier alpha value is -1.31. The Balaban J connectivity index is 2.42. The minimum atomic E-state index is -4.82. The number of carbonyl (C=O) groups excluding carboxylic acids is 2. The number of amides is 2. The van der Waals surface area contributed by atoms with Crippen LogP contribution in [0.3, 0.4) is 0 Å². The summed E-state index contributed by atoms with van der Waals surface area (Å²) in [6.07, 6.45) is -4.82. The number of likely N-dealkylation sites (N-methyl/N-ethyl adjacent to an activating group) is 1. The Kier molecular flexibility index (Phi) is 4.55. The van der Waals surface area contributed by atoms with E-state index in [-0.39, 0.29) is 38.6 Å². The molecule has 0 radical (unpaired) electrons. The number of alkyl halides is 3. The second kappa shape index (κ2) is 5.55. The highest BCUT2D eigenvalue weighted by Crippen LogP contribution is 2.19. The lowest BCUT2D eigenvalue weighted by Crippen LogP contribution is -2.53. The summed E-state index contributed by atoms with van der Waals surface area (Å²) in [4.78, 5) is 26.3. The zero-order valence-electron chi connectivity index (χ0n) is 10.3. The largest absolute Gasteiger partial charge is 0.471 e. The second-order valence-corrected chi connectivity index (χ2v) is 4.35. The fourth-order valence-electron chi connectivity index (χ4n) is 1.62. The molecule has 1 heterocycles. The van der Waals surface area contributed by atoms with Gasteiger partial charge in [0.2, 0.25) is 5.91 Å². The fourth-order valence-corrected chi connectivity index (χ4v) is 1.62. The zero-order valence-corrected chi connectivity index (χ0v) is 10.3. The monoisotopic (exact) mass is 267 g/mol. The summed E-state index contributed by atoms with van der Waals surface area (Å²) in [5.41, 5.74) is 0. The van der Waals surface area contributed by atoms with Gasteiger partial charge in [0, 0.05) is 40.3 Å². The molecule has 18 heavy (non-hydrogen) atoms. The van der Waals surface area contributed by atoms with Crippen LogP contribution in [0.15, 0.2) is 0 Å². The first-order chi connectivity index (χ1) is 8.21. The van der Waals surface area contributed by atoms with Crippen LogP contribution in [0.4, 0.5) is 13.2 Å². The Labute approximate surface area is 103 Å². The molecule has 0 aromatic rings. The maximum Gasteiger partial charge on any atom is 0.471 e. The predicted molar refractivity (Wildman–Crippen MR) is 57.8 cm³/mol. The van der Waals surface area contributed by atoms with Crippen LogP contribution in [-0.2, 0) is 9.59 Å². The van der Waals surface area contributed by atoms with Crippen LogP contribution in [0.1, 0.15) is 0 Å². The van der Waals surface area contributed by atoms with Gasteiger partial charge in [-0.15, -0.1) is 0 Å². The maximum absolute atomic E-state index is 12.2. The van der Waals surface area contributed by atoms with Crippen LogP contribution >= 0.6 is 0 Å². The van der Waals surface area contributed by atoms with E-state index in [2.05, 4.69) is 0 Å². The van der Waals surface area contributed by atoms with Gasteiger partial charge in [-0.3, -0.25) is 14.5 Å². The molecule has 0 aromatic carbocycles. The van der Waals surface area contributed by atoms with Crippen molar-refractivity contribution in [3.63, 3.8) is 0 Å². The molecule has 0 aromatic heterocycles. The fraction of sp³-hybridized carbons (Fsp3) is 0.800. The van der Waals surface area contributed by atoms with E-state index in [0.717, 1.165) is 4.90 Å². The third-order valence-corrected chi connectivity index (χ3v) is 2.76. The molecule has 0 N–H and O–H groups in total. The highest BCUT2D eigenvalue weighted by Gasteiger charge is 2.43. The highest BCUT2D eigenvalue weighted by molar-refractivity contribution is 5.82. The average molecular weight is 267 g/mol. The normalized spacial score (nSPS) is 17.7. The summed E-state index contributed by atoms with van der Waals surface area (Å²) in [5, 5.41) is 0. The van der Waals surface area contributed by atoms with Crippen molar-refractivity contribution in [2.45, 2.75) is 6.18 Å². The summed E-state index contributed by atoms with van der Waals surface area (Å²) in [7, 11) is 3.23. The van der Waals surface area contributed by atoms with Crippen molar-refractivity contribution in [3.8, 4) is 0 Å². The van der Waals surface area contributed by atoms with Gasteiger partial charge in [0.25, 0.3) is 0 Å². The van der Waals surface area contributed by atoms with E-state index >= 15 is 0 Å². The SMILES string of the molecule is CN(C)C(=O)CN1CCN(C(=O)C(F)(F)F)CC1. The molecule has 1 saturated heterocycles. The van der Waals surface area contributed by atoms with Crippen molar-refractivity contribution in [1.29, 1.82) is 0 Å². The number of rotatable bonds is 2. The smallest absolute Gasteiger partial charge is 0.348 e. The molecular weight excluding hydrogens is 251 g/mol. The summed E-state index contributed by atoms with van der Waals surface area (Å²) >= 11 is 0. The quantitative estimate of drug-likeness (QED) is 0.695. The van der Waals surface area contributed by atoms with Crippen LogP contribution in [-0.4, -0.2) is 79.5 Å². The molecule has 0 saturated carbocycles. The van der Waals surface area contributed by atoms with E-state index in [9.17, 15) is 22.8 Å². The molecule has 8 heteroatoms. The van der Waals surface area contributed by atoms with Gasteiger partial charge in [-0.05, 0) is 0 Å². The summed E-state index contributed by atoms with van der Waals surface area (Å²) in [6, 6.07) is 0. The molecule has 2 amide bonds. The lowest BCUT2D eigenvalue weighted by atomic mass is 10.3. The van der Waals surface area contributed by atoms with Gasteiger partial charge >= 0.3 is 12.1 Å². The van der Waals surface area contributed by atoms with E-state index in [4.69, 9.17) is 0 Å². The van der Waals surface area contributed by atoms with Gasteiger partial charge < -0.3 is 9.80 Å². The number of halogens is 3. The topological polar surface area (TPSA) is 43.9 Å². The molecule has 0 bridgehead atoms. The van der Waals surface area contributed by atoms with Gasteiger partial charge in [0.15, 0.2) is 0 Å². The van der Waals surface area contributed by atoms with Crippen LogP contribution in [0.25, 0.3) is 0 Å². The van der Waals surface area contributed by atoms with E-state index < -0.39 is 12.1 Å². The Morgan fingerprint density at radius 1 is 1.11 bits per heavy atom. The van der Waals surface area contributed by atoms with Gasteiger partial charge in [0.05, 0.1) is 6.54 Å². The third-order valence-electron chi connectivity index (χ3n) is 2.76. The van der Waals surface area contributed by atoms with Crippen molar-refractivity contribution in [2.75, 3.05) is 46.8 Å². The first-order valence-corrected chi connectivity index (χ1v) is 5.50. The van der Waals surface area contributed by atoms with E-state index in [1.54, 1.807) is 19.0 Å². The van der Waals surface area contributed by atoms with Crippen LogP contribution in [0.5, 0.6) is 0 Å². The third kappa shape index (κ3) is 3.86. The Morgan fingerprint density at radius 3 is 2.00 bits per heavy atom. The lowest BCUT2D eigenvalue weighted by molar-refractivity contribution is -0.187. The molecule has 0 spiro atoms. The number of piperazine rings is 1. The summed E-state index contributed by atoms with van der Waals surface area (Å²) < 4.78 is 36.5. The van der Waals surface area contributed by atoms with Gasteiger partial charge in [-0.25, -0.2) is 0 Å². The number of carbonyl (C=O) groups is 2. The molecule has 1 fully saturated rings. The zero-order chi connectivity index (χ0) is 13.9. The van der Waals surface area contributed by atoms with Gasteiger partial charge in [-0.2, -0.15) is 13.2 Å². The van der Waals surface area contributed by atoms with Gasteiger partial charge in [-0.1, -0.05) is 0 Å². The molecule has 1 aliphatic rings. The van der Waals surface area contributed by atoms with E-state index in [0.29, 0.717) is 0 Å². The van der Waals surface area contributed by atoms with Gasteiger partial charge in [0.1, 0.15) is 0 Å². The van der Waals surface area contributed by atoms with Crippen molar-refractivity contribution < 1.29 is 22.8 Å². The second-order valence-electron chi connectivity index (χ2n) is 4.35. The first-order valence-electron chi connectivity index (χ1n) is 5.50. The average Bonchev–Trinajstić information content (AvgIpc) is 2.27. The predicted octanol–water partition coefficient (Wildman–Crippen LogP) is -0.219. The molecule has 0 atom stereocenters. The number of nitrogens with zero attached hydrogens (tertiary/aromatic N) is 3. The molecule has 1 aliphatic heterocycles. The minimum Gasteiger partial charge on any atom is -0.348 e. The maximum atomic E-state index is 12.2. The minimum absolute atomic E-state index is 0.000941. The standard InChI is InChI=1S/C10H16F3N3O2/c1-14(2)8(17)7-15-3-5-16(6-4-15)9(18)10(11,12)13/h3-7H2,1-2H3. The molecule has 0 aliphatic carbocycles. The van der Waals surface area contributed by atoms with E-state index in [1.807, 2.05) is 0 Å². The molecule has 5 nitrogen and oxygen atoms in total. The van der Waals surface area contributed by atoms with E-state index in [1.165, 1.54) is 4.90 Å². The van der Waals surface area contributed by atoms with Crippen molar-refractivity contribution >= 4 is 11.8 Å². The van der Waals surface area contributed by atoms with Crippen molar-refractivity contribution in [2.24, 2.45) is 0 Å². The van der Waals surface area contributed by atoms with Crippen LogP contribution in [0, 0.1) is 0 Å². The van der Waals surface area contributed by atoms with Crippen LogP contribution in [0.2, 0.25) is 0 Å². The lowest BCUT2D eigenvalue weighted by Gasteiger charge is -2.34. The van der Waals surface area contributed by atoms with Crippen molar-refractivity contribution in [1.82, 2.24) is 14.7 Å². The molecule has 104 valence electrons. The summed E-state index contributed by atoms with van der Waals surface area (Å²) in [5.74, 6) is -1.91. The molecule has 1 rings (SSSR count). The van der Waals surface area contributed by atoms with Crippen LogP contribution < -0.4 is 0 Å². The Bertz CT molecular complexity index is 323. The van der Waals surface area contributed by atoms with Crippen molar-refractivity contribution in [3.05, 3.63) is 0 Å². The first kappa shape index (κ1) is 14.7. The summed E-state index contributed by atoms with van der Waals surface area (Å²) in [6.45, 7) is 0.724. The number of hydrogen-bond acceptors (Lipinski definition) is 3. The molecular formula is C10H16F3N3O2.